The molecule has 35 heavy (non-hydrogen) atoms. The summed E-state index contributed by atoms with van der Waals surface area (Å²) in [5, 5.41) is 3.37. The fourth-order valence-electron chi connectivity index (χ4n) is 4.03. The highest BCUT2D eigenvalue weighted by atomic mass is 16.5. The molecule has 0 unspecified atom stereocenters. The molecule has 0 aliphatic rings. The van der Waals surface area contributed by atoms with Gasteiger partial charge in [-0.15, -0.1) is 0 Å². The zero-order valence-electron chi connectivity index (χ0n) is 20.6. The van der Waals surface area contributed by atoms with Crippen molar-refractivity contribution in [2.45, 2.75) is 45.8 Å². The molecule has 0 saturated heterocycles. The van der Waals surface area contributed by atoms with Crippen LogP contribution in [0.25, 0.3) is 10.9 Å². The Hall–Kier alpha value is -3.70. The molecule has 1 amide bonds. The van der Waals surface area contributed by atoms with E-state index in [1.54, 1.807) is 0 Å². The van der Waals surface area contributed by atoms with Gasteiger partial charge in [-0.25, -0.2) is 0 Å². The third kappa shape index (κ3) is 6.06. The molecule has 0 bridgehead atoms. The number of ether oxygens (including phenoxy) is 1. The molecule has 0 aliphatic carbocycles. The summed E-state index contributed by atoms with van der Waals surface area (Å²) in [5.41, 5.74) is 4.70. The fourth-order valence-corrected chi connectivity index (χ4v) is 4.03. The maximum Gasteiger partial charge on any atom is 0.257 e. The molecule has 4 aromatic rings. The van der Waals surface area contributed by atoms with Crippen LogP contribution in [0, 0.1) is 6.92 Å². The van der Waals surface area contributed by atoms with Crippen molar-refractivity contribution in [2.75, 3.05) is 6.61 Å². The van der Waals surface area contributed by atoms with Gasteiger partial charge in [0, 0.05) is 30.3 Å². The number of carbonyl (C=O) groups excluding carboxylic acids is 1. The van der Waals surface area contributed by atoms with Gasteiger partial charge in [-0.3, -0.25) is 9.59 Å². The largest absolute Gasteiger partial charge is 0.377 e. The fraction of sp³-hybridized carbons (Fsp3) is 0.267. The first-order valence-electron chi connectivity index (χ1n) is 11.9. The lowest BCUT2D eigenvalue weighted by Crippen LogP contribution is -2.28. The average molecular weight is 469 g/mol. The summed E-state index contributed by atoms with van der Waals surface area (Å²) < 4.78 is 5.89. The topological polar surface area (TPSA) is 71.2 Å². The normalized spacial score (nSPS) is 11.5. The second-order valence-electron chi connectivity index (χ2n) is 9.63. The zero-order valence-corrected chi connectivity index (χ0v) is 20.6. The molecule has 2 N–H and O–H groups in total. The third-order valence-corrected chi connectivity index (χ3v) is 6.46. The number of nitrogens with one attached hydrogen (secondary N) is 2. The Morgan fingerprint density at radius 2 is 1.71 bits per heavy atom. The van der Waals surface area contributed by atoms with Crippen LogP contribution in [0.2, 0.25) is 0 Å². The molecule has 0 spiro atoms. The number of hydrogen-bond acceptors (Lipinski definition) is 3. The van der Waals surface area contributed by atoms with Crippen LogP contribution in [-0.2, 0) is 23.3 Å². The number of hydrogen-bond donors (Lipinski definition) is 2. The van der Waals surface area contributed by atoms with Gasteiger partial charge in [-0.1, -0.05) is 80.1 Å². The number of carbonyl (C=O) groups is 1. The molecule has 0 aliphatic heterocycles. The smallest absolute Gasteiger partial charge is 0.257 e. The van der Waals surface area contributed by atoms with E-state index < -0.39 is 0 Å². The second kappa shape index (κ2) is 10.7. The Labute approximate surface area is 206 Å². The Bertz CT molecular complexity index is 1360. The summed E-state index contributed by atoms with van der Waals surface area (Å²) in [4.78, 5) is 29.1. The highest BCUT2D eigenvalue weighted by Gasteiger charge is 2.22. The zero-order chi connectivity index (χ0) is 24.8. The number of rotatable bonds is 9. The van der Waals surface area contributed by atoms with Crippen molar-refractivity contribution in [2.24, 2.45) is 0 Å². The Kier molecular flexibility index (Phi) is 7.47. The first kappa shape index (κ1) is 24.4. The second-order valence-corrected chi connectivity index (χ2v) is 9.63. The van der Waals surface area contributed by atoms with Crippen LogP contribution < -0.4 is 10.7 Å². The molecule has 0 atom stereocenters. The SMILES string of the molecule is Cc1ccc(CNC(=O)c2c[nH]c3ccc(C(C)(C)CCOCc4ccccc4)cc3c2=O)cc1. The Morgan fingerprint density at radius 3 is 2.46 bits per heavy atom. The number of aromatic nitrogens is 1. The number of aromatic amines is 1. The van der Waals surface area contributed by atoms with Crippen molar-refractivity contribution in [3.8, 4) is 0 Å². The number of aryl methyl sites for hydroxylation is 1. The molecule has 180 valence electrons. The summed E-state index contributed by atoms with van der Waals surface area (Å²) in [6.45, 7) is 7.86. The van der Waals surface area contributed by atoms with Gasteiger partial charge in [0.15, 0.2) is 0 Å². The minimum atomic E-state index is -0.382. The molecule has 1 heterocycles. The quantitative estimate of drug-likeness (QED) is 0.312. The van der Waals surface area contributed by atoms with Crippen molar-refractivity contribution >= 4 is 16.8 Å². The van der Waals surface area contributed by atoms with E-state index in [4.69, 9.17) is 4.74 Å². The molecule has 1 aromatic heterocycles. The van der Waals surface area contributed by atoms with E-state index in [1.165, 1.54) is 6.20 Å². The highest BCUT2D eigenvalue weighted by Crippen LogP contribution is 2.29. The monoisotopic (exact) mass is 468 g/mol. The summed E-state index contributed by atoms with van der Waals surface area (Å²) in [6.07, 6.45) is 2.30. The van der Waals surface area contributed by atoms with Crippen LogP contribution in [-0.4, -0.2) is 17.5 Å². The minimum absolute atomic E-state index is 0.116. The van der Waals surface area contributed by atoms with Crippen molar-refractivity contribution in [3.63, 3.8) is 0 Å². The highest BCUT2D eigenvalue weighted by molar-refractivity contribution is 5.97. The van der Waals surface area contributed by atoms with Crippen LogP contribution in [0.5, 0.6) is 0 Å². The average Bonchev–Trinajstić information content (AvgIpc) is 2.87. The number of pyridine rings is 1. The van der Waals surface area contributed by atoms with E-state index in [-0.39, 0.29) is 22.3 Å². The van der Waals surface area contributed by atoms with Gasteiger partial charge in [-0.05, 0) is 47.6 Å². The molecule has 5 nitrogen and oxygen atoms in total. The van der Waals surface area contributed by atoms with Crippen molar-refractivity contribution in [1.29, 1.82) is 0 Å². The number of H-pyrrole nitrogens is 1. The van der Waals surface area contributed by atoms with E-state index in [0.717, 1.165) is 28.7 Å². The van der Waals surface area contributed by atoms with Gasteiger partial charge in [0.25, 0.3) is 5.91 Å². The van der Waals surface area contributed by atoms with Crippen LogP contribution in [0.1, 0.15) is 52.9 Å². The van der Waals surface area contributed by atoms with E-state index in [9.17, 15) is 9.59 Å². The van der Waals surface area contributed by atoms with Gasteiger partial charge in [-0.2, -0.15) is 0 Å². The molecular formula is C30H32N2O3. The van der Waals surface area contributed by atoms with Gasteiger partial charge in [0.1, 0.15) is 5.56 Å². The number of benzene rings is 3. The van der Waals surface area contributed by atoms with Gasteiger partial charge in [0.05, 0.1) is 6.61 Å². The van der Waals surface area contributed by atoms with Crippen LogP contribution in [0.4, 0.5) is 0 Å². The predicted molar refractivity (Wildman–Crippen MR) is 141 cm³/mol. The molecule has 5 heteroatoms. The first-order chi connectivity index (χ1) is 16.8. The maximum atomic E-state index is 13.2. The number of fused-ring (bicyclic) bond motifs is 1. The summed E-state index contributed by atoms with van der Waals surface area (Å²) in [7, 11) is 0. The van der Waals surface area contributed by atoms with Crippen molar-refractivity contribution < 1.29 is 9.53 Å². The third-order valence-electron chi connectivity index (χ3n) is 6.46. The van der Waals surface area contributed by atoms with Crippen LogP contribution in [0.3, 0.4) is 0 Å². The van der Waals surface area contributed by atoms with Gasteiger partial charge >= 0.3 is 0 Å². The maximum absolute atomic E-state index is 13.2. The molecule has 0 fully saturated rings. The minimum Gasteiger partial charge on any atom is -0.377 e. The predicted octanol–water partition coefficient (Wildman–Crippen LogP) is 5.65. The van der Waals surface area contributed by atoms with Gasteiger partial charge < -0.3 is 15.0 Å². The summed E-state index contributed by atoms with van der Waals surface area (Å²) in [5.74, 6) is -0.382. The molecule has 0 saturated carbocycles. The van der Waals surface area contributed by atoms with E-state index in [2.05, 4.69) is 36.3 Å². The van der Waals surface area contributed by atoms with Gasteiger partial charge in [0.2, 0.25) is 5.43 Å². The molecular weight excluding hydrogens is 436 g/mol. The molecule has 3 aromatic carbocycles. The Balaban J connectivity index is 1.46. The molecule has 4 rings (SSSR count). The summed E-state index contributed by atoms with van der Waals surface area (Å²) in [6, 6.07) is 23.9. The first-order valence-corrected chi connectivity index (χ1v) is 11.9. The van der Waals surface area contributed by atoms with E-state index >= 15 is 0 Å². The standard InChI is InChI=1S/C30H32N2O3/c1-21-9-11-22(12-10-21)18-32-29(34)26-19-31-27-14-13-24(17-25(27)28(26)33)30(2,3)15-16-35-20-23-7-5-4-6-8-23/h4-14,17,19H,15-16,18,20H2,1-3H3,(H,31,33)(H,32,34). The molecule has 0 radical (unpaired) electrons. The van der Waals surface area contributed by atoms with Crippen LogP contribution in [0.15, 0.2) is 83.8 Å². The lowest BCUT2D eigenvalue weighted by molar-refractivity contribution is 0.0949. The van der Waals surface area contributed by atoms with Crippen LogP contribution >= 0.6 is 0 Å². The van der Waals surface area contributed by atoms with Crippen molar-refractivity contribution in [1.82, 2.24) is 10.3 Å². The number of amides is 1. The Morgan fingerprint density at radius 1 is 0.971 bits per heavy atom. The van der Waals surface area contributed by atoms with E-state index in [0.29, 0.717) is 30.7 Å². The van der Waals surface area contributed by atoms with Crippen molar-refractivity contribution in [3.05, 3.63) is 117 Å². The lowest BCUT2D eigenvalue weighted by Gasteiger charge is -2.25. The van der Waals surface area contributed by atoms with E-state index in [1.807, 2.05) is 67.6 Å². The lowest BCUT2D eigenvalue weighted by atomic mass is 9.81. The summed E-state index contributed by atoms with van der Waals surface area (Å²) >= 11 is 0.